The standard InChI is InChI=1S/C12H11N5S/c1-2-4-11(5-3-1)17-7-6-10(16-17)8-13-12-15-14-9-18-12/h1-7,9H,8H2,(H,13,15). The maximum atomic E-state index is 4.49. The van der Waals surface area contributed by atoms with Crippen molar-refractivity contribution in [3.63, 3.8) is 0 Å². The third kappa shape index (κ3) is 2.38. The summed E-state index contributed by atoms with van der Waals surface area (Å²) in [5.41, 5.74) is 3.72. The van der Waals surface area contributed by atoms with Crippen molar-refractivity contribution in [2.24, 2.45) is 0 Å². The molecule has 0 unspecified atom stereocenters. The summed E-state index contributed by atoms with van der Waals surface area (Å²) in [6.45, 7) is 0.648. The highest BCUT2D eigenvalue weighted by atomic mass is 32.1. The quantitative estimate of drug-likeness (QED) is 0.779. The van der Waals surface area contributed by atoms with Crippen LogP contribution in [0.15, 0.2) is 48.1 Å². The second kappa shape index (κ2) is 4.97. The number of nitrogens with zero attached hydrogens (tertiary/aromatic N) is 4. The molecule has 0 aliphatic rings. The van der Waals surface area contributed by atoms with Gasteiger partial charge in [-0.25, -0.2) is 4.68 Å². The van der Waals surface area contributed by atoms with Crippen LogP contribution < -0.4 is 5.32 Å². The fraction of sp³-hybridized carbons (Fsp3) is 0.0833. The molecular weight excluding hydrogens is 246 g/mol. The minimum atomic E-state index is 0.648. The average molecular weight is 257 g/mol. The predicted molar refractivity (Wildman–Crippen MR) is 70.8 cm³/mol. The zero-order valence-electron chi connectivity index (χ0n) is 9.52. The first-order valence-corrected chi connectivity index (χ1v) is 6.40. The van der Waals surface area contributed by atoms with Crippen LogP contribution in [-0.4, -0.2) is 20.0 Å². The Bertz CT molecular complexity index is 602. The van der Waals surface area contributed by atoms with Crippen LogP contribution in [-0.2, 0) is 6.54 Å². The maximum absolute atomic E-state index is 4.49. The van der Waals surface area contributed by atoms with E-state index in [1.54, 1.807) is 5.51 Å². The molecule has 0 saturated carbocycles. The Kier molecular flexibility index (Phi) is 3.01. The molecule has 0 aliphatic carbocycles. The number of rotatable bonds is 4. The van der Waals surface area contributed by atoms with Crippen LogP contribution >= 0.6 is 11.3 Å². The number of benzene rings is 1. The number of anilines is 1. The van der Waals surface area contributed by atoms with E-state index in [1.165, 1.54) is 11.3 Å². The van der Waals surface area contributed by atoms with Gasteiger partial charge in [-0.2, -0.15) is 5.10 Å². The van der Waals surface area contributed by atoms with Crippen molar-refractivity contribution < 1.29 is 0 Å². The minimum absolute atomic E-state index is 0.648. The lowest BCUT2D eigenvalue weighted by Gasteiger charge is -2.00. The Hall–Kier alpha value is -2.21. The van der Waals surface area contributed by atoms with Crippen molar-refractivity contribution in [1.29, 1.82) is 0 Å². The van der Waals surface area contributed by atoms with Gasteiger partial charge >= 0.3 is 0 Å². The van der Waals surface area contributed by atoms with E-state index in [-0.39, 0.29) is 0 Å². The summed E-state index contributed by atoms with van der Waals surface area (Å²) in [6, 6.07) is 12.0. The Morgan fingerprint density at radius 2 is 2.06 bits per heavy atom. The largest absolute Gasteiger partial charge is 0.354 e. The highest BCUT2D eigenvalue weighted by Crippen LogP contribution is 2.11. The fourth-order valence-corrected chi connectivity index (χ4v) is 2.04. The molecular formula is C12H11N5S. The molecule has 1 aromatic carbocycles. The minimum Gasteiger partial charge on any atom is -0.354 e. The van der Waals surface area contributed by atoms with E-state index in [2.05, 4.69) is 20.6 Å². The number of hydrogen-bond acceptors (Lipinski definition) is 5. The SMILES string of the molecule is c1ccc(-n2ccc(CNc3nncs3)n2)cc1. The molecule has 6 heteroatoms. The van der Waals surface area contributed by atoms with Crippen molar-refractivity contribution in [3.05, 3.63) is 53.8 Å². The smallest absolute Gasteiger partial charge is 0.205 e. The molecule has 3 rings (SSSR count). The van der Waals surface area contributed by atoms with Crippen LogP contribution in [0.3, 0.4) is 0 Å². The van der Waals surface area contributed by atoms with Crippen molar-refractivity contribution in [2.45, 2.75) is 6.54 Å². The summed E-state index contributed by atoms with van der Waals surface area (Å²) >= 11 is 1.48. The van der Waals surface area contributed by atoms with E-state index in [4.69, 9.17) is 0 Å². The molecule has 1 N–H and O–H groups in total. The van der Waals surface area contributed by atoms with Crippen LogP contribution in [0, 0.1) is 0 Å². The lowest BCUT2D eigenvalue weighted by Crippen LogP contribution is -2.01. The molecule has 0 spiro atoms. The van der Waals surface area contributed by atoms with Crippen molar-refractivity contribution in [1.82, 2.24) is 20.0 Å². The second-order valence-corrected chi connectivity index (χ2v) is 4.52. The topological polar surface area (TPSA) is 55.6 Å². The molecule has 0 saturated heterocycles. The normalized spacial score (nSPS) is 10.4. The van der Waals surface area contributed by atoms with E-state index in [0.29, 0.717) is 6.54 Å². The van der Waals surface area contributed by atoms with Crippen LogP contribution in [0.1, 0.15) is 5.69 Å². The molecule has 0 fully saturated rings. The molecule has 90 valence electrons. The van der Waals surface area contributed by atoms with Gasteiger partial charge in [-0.05, 0) is 18.2 Å². The summed E-state index contributed by atoms with van der Waals surface area (Å²) in [6.07, 6.45) is 1.95. The van der Waals surface area contributed by atoms with Gasteiger partial charge < -0.3 is 5.32 Å². The molecule has 0 bridgehead atoms. The van der Waals surface area contributed by atoms with Crippen LogP contribution in [0.25, 0.3) is 5.69 Å². The van der Waals surface area contributed by atoms with Gasteiger partial charge in [-0.15, -0.1) is 10.2 Å². The van der Waals surface area contributed by atoms with Gasteiger partial charge in [0, 0.05) is 6.20 Å². The van der Waals surface area contributed by atoms with E-state index in [9.17, 15) is 0 Å². The molecule has 18 heavy (non-hydrogen) atoms. The Balaban J connectivity index is 1.70. The van der Waals surface area contributed by atoms with Gasteiger partial charge in [-0.3, -0.25) is 0 Å². The number of hydrogen-bond donors (Lipinski definition) is 1. The Labute approximate surface area is 108 Å². The Morgan fingerprint density at radius 1 is 1.17 bits per heavy atom. The first-order valence-electron chi connectivity index (χ1n) is 5.52. The third-order valence-electron chi connectivity index (χ3n) is 2.45. The highest BCUT2D eigenvalue weighted by molar-refractivity contribution is 7.13. The van der Waals surface area contributed by atoms with E-state index < -0.39 is 0 Å². The molecule has 5 nitrogen and oxygen atoms in total. The zero-order valence-corrected chi connectivity index (χ0v) is 10.3. The third-order valence-corrected chi connectivity index (χ3v) is 3.09. The maximum Gasteiger partial charge on any atom is 0.205 e. The predicted octanol–water partition coefficient (Wildman–Crippen LogP) is 2.34. The fourth-order valence-electron chi connectivity index (χ4n) is 1.60. The van der Waals surface area contributed by atoms with Gasteiger partial charge in [0.25, 0.3) is 0 Å². The number of aromatic nitrogens is 4. The van der Waals surface area contributed by atoms with Gasteiger partial charge in [-0.1, -0.05) is 29.5 Å². The van der Waals surface area contributed by atoms with E-state index in [0.717, 1.165) is 16.5 Å². The van der Waals surface area contributed by atoms with E-state index in [1.807, 2.05) is 47.3 Å². The first kappa shape index (κ1) is 10.9. The lowest BCUT2D eigenvalue weighted by molar-refractivity contribution is 0.843. The summed E-state index contributed by atoms with van der Waals surface area (Å²) in [5.74, 6) is 0. The summed E-state index contributed by atoms with van der Waals surface area (Å²) in [5, 5.41) is 16.2. The number of para-hydroxylation sites is 1. The molecule has 0 amide bonds. The Morgan fingerprint density at radius 3 is 2.83 bits per heavy atom. The second-order valence-electron chi connectivity index (χ2n) is 3.68. The van der Waals surface area contributed by atoms with Crippen molar-refractivity contribution >= 4 is 16.5 Å². The number of nitrogens with one attached hydrogen (secondary N) is 1. The molecule has 0 radical (unpaired) electrons. The van der Waals surface area contributed by atoms with Gasteiger partial charge in [0.2, 0.25) is 5.13 Å². The summed E-state index contributed by atoms with van der Waals surface area (Å²) in [4.78, 5) is 0. The zero-order chi connectivity index (χ0) is 12.2. The monoisotopic (exact) mass is 257 g/mol. The molecule has 3 aromatic rings. The molecule has 2 heterocycles. The van der Waals surface area contributed by atoms with Gasteiger partial charge in [0.15, 0.2) is 0 Å². The lowest BCUT2D eigenvalue weighted by atomic mass is 10.3. The van der Waals surface area contributed by atoms with Crippen molar-refractivity contribution in [3.8, 4) is 5.69 Å². The summed E-state index contributed by atoms with van der Waals surface area (Å²) in [7, 11) is 0. The summed E-state index contributed by atoms with van der Waals surface area (Å²) < 4.78 is 1.86. The highest BCUT2D eigenvalue weighted by Gasteiger charge is 2.01. The van der Waals surface area contributed by atoms with Crippen LogP contribution in [0.5, 0.6) is 0 Å². The molecule has 0 atom stereocenters. The van der Waals surface area contributed by atoms with Crippen LogP contribution in [0.2, 0.25) is 0 Å². The average Bonchev–Trinajstić information content (AvgIpc) is 3.09. The molecule has 0 aliphatic heterocycles. The first-order chi connectivity index (χ1) is 8.92. The molecule has 2 aromatic heterocycles. The van der Waals surface area contributed by atoms with Crippen LogP contribution in [0.4, 0.5) is 5.13 Å². The van der Waals surface area contributed by atoms with Gasteiger partial charge in [0.1, 0.15) is 5.51 Å². The van der Waals surface area contributed by atoms with Gasteiger partial charge in [0.05, 0.1) is 17.9 Å². The van der Waals surface area contributed by atoms with Crippen molar-refractivity contribution in [2.75, 3.05) is 5.32 Å². The van der Waals surface area contributed by atoms with E-state index >= 15 is 0 Å².